The van der Waals surface area contributed by atoms with E-state index in [0.29, 0.717) is 43.4 Å². The molecule has 0 aliphatic carbocycles. The second-order valence-corrected chi connectivity index (χ2v) is 9.23. The molecule has 0 aliphatic heterocycles. The lowest BCUT2D eigenvalue weighted by Gasteiger charge is -2.39. The lowest BCUT2D eigenvalue weighted by atomic mass is 10.1. The summed E-state index contributed by atoms with van der Waals surface area (Å²) < 4.78 is 0.593. The molecule has 192 valence electrons. The minimum Gasteiger partial charge on any atom is -0.550 e. The molecule has 7 nitrogen and oxygen atoms in total. The Morgan fingerprint density at radius 1 is 0.636 bits per heavy atom. The van der Waals surface area contributed by atoms with Gasteiger partial charge in [-0.3, -0.25) is 9.59 Å². The van der Waals surface area contributed by atoms with Crippen molar-refractivity contribution < 1.29 is 34.2 Å². The van der Waals surface area contributed by atoms with Gasteiger partial charge in [-0.05, 0) is 38.5 Å². The normalized spacial score (nSPS) is 11.8. The fraction of sp³-hybridized carbons (Fsp3) is 0.808. The minimum atomic E-state index is -1.08. The van der Waals surface area contributed by atoms with Gasteiger partial charge >= 0.3 is 11.9 Å². The van der Waals surface area contributed by atoms with Gasteiger partial charge in [0.2, 0.25) is 0 Å². The van der Waals surface area contributed by atoms with E-state index in [4.69, 9.17) is 10.2 Å². The number of rotatable bonds is 24. The molecule has 33 heavy (non-hydrogen) atoms. The van der Waals surface area contributed by atoms with E-state index >= 15 is 0 Å². The first kappa shape index (κ1) is 31.1. The van der Waals surface area contributed by atoms with Gasteiger partial charge in [0, 0.05) is 25.2 Å². The molecule has 0 rings (SSSR count). The number of hydrogen-bond donors (Lipinski definition) is 2. The van der Waals surface area contributed by atoms with E-state index in [1.807, 2.05) is 0 Å². The number of aliphatic carboxylic acids is 3. The van der Waals surface area contributed by atoms with Crippen molar-refractivity contribution in [1.82, 2.24) is 0 Å². The predicted molar refractivity (Wildman–Crippen MR) is 129 cm³/mol. The zero-order valence-electron chi connectivity index (χ0n) is 20.8. The summed E-state index contributed by atoms with van der Waals surface area (Å²) in [4.78, 5) is 32.9. The summed E-state index contributed by atoms with van der Waals surface area (Å²) in [7, 11) is 0. The number of carboxylic acid groups (broad SMARTS) is 3. The highest BCUT2D eigenvalue weighted by Gasteiger charge is 2.26. The Kier molecular flexibility index (Phi) is 19.5. The van der Waals surface area contributed by atoms with Crippen LogP contribution in [-0.4, -0.2) is 58.8 Å². The highest BCUT2D eigenvalue weighted by atomic mass is 16.4. The molecule has 0 bridgehead atoms. The van der Waals surface area contributed by atoms with Crippen LogP contribution >= 0.6 is 0 Å². The van der Waals surface area contributed by atoms with Crippen LogP contribution in [0.15, 0.2) is 12.2 Å². The average Bonchev–Trinajstić information content (AvgIpc) is 2.73. The molecule has 7 heteroatoms. The van der Waals surface area contributed by atoms with Crippen LogP contribution in [0.3, 0.4) is 0 Å². The van der Waals surface area contributed by atoms with Crippen molar-refractivity contribution >= 4 is 17.9 Å². The van der Waals surface area contributed by atoms with Crippen molar-refractivity contribution in [3.8, 4) is 0 Å². The van der Waals surface area contributed by atoms with E-state index in [-0.39, 0.29) is 19.3 Å². The molecule has 0 atom stereocenters. The molecule has 0 unspecified atom stereocenters. The third kappa shape index (κ3) is 20.4. The highest BCUT2D eigenvalue weighted by molar-refractivity contribution is 5.66. The summed E-state index contributed by atoms with van der Waals surface area (Å²) >= 11 is 0. The number of nitrogens with zero attached hydrogens (tertiary/aromatic N) is 1. The summed E-state index contributed by atoms with van der Waals surface area (Å²) in [6.07, 6.45) is 18.0. The van der Waals surface area contributed by atoms with Crippen molar-refractivity contribution in [2.75, 3.05) is 26.2 Å². The Labute approximate surface area is 200 Å². The van der Waals surface area contributed by atoms with Gasteiger partial charge in [-0.2, -0.15) is 0 Å². The molecule has 0 saturated heterocycles. The first-order valence-electron chi connectivity index (χ1n) is 12.9. The van der Waals surface area contributed by atoms with Crippen molar-refractivity contribution in [3.63, 3.8) is 0 Å². The Balaban J connectivity index is 4.59. The number of unbranched alkanes of at least 4 members (excludes halogenated alkanes) is 8. The molecule has 0 amide bonds. The zero-order chi connectivity index (χ0) is 24.8. The van der Waals surface area contributed by atoms with Gasteiger partial charge in [-0.1, -0.05) is 51.2 Å². The van der Waals surface area contributed by atoms with Crippen molar-refractivity contribution in [2.45, 2.75) is 110 Å². The molecule has 0 aromatic carbocycles. The first-order chi connectivity index (χ1) is 15.8. The molecule has 0 aliphatic rings. The van der Waals surface area contributed by atoms with Gasteiger partial charge in [0.25, 0.3) is 0 Å². The molecule has 0 saturated carbocycles. The molecular weight excluding hydrogens is 422 g/mol. The van der Waals surface area contributed by atoms with E-state index < -0.39 is 17.9 Å². The fourth-order valence-corrected chi connectivity index (χ4v) is 4.35. The standard InChI is InChI=1S/C26H47NO6/c1-2-3-4-5-6-7-8-9-10-11-12-13-20-27(21-14-17-24(28)29,22-15-18-25(30)31)23-16-19-26(32)33/h9-10H,2-8,11-23H2,1H3,(H2-,28,29,30,31,32,33)/b10-9+. The van der Waals surface area contributed by atoms with Crippen LogP contribution in [0.5, 0.6) is 0 Å². The average molecular weight is 470 g/mol. The third-order valence-electron chi connectivity index (χ3n) is 6.20. The summed E-state index contributed by atoms with van der Waals surface area (Å²) in [6.45, 7) is 4.92. The lowest BCUT2D eigenvalue weighted by Crippen LogP contribution is -2.51. The first-order valence-corrected chi connectivity index (χ1v) is 12.9. The Morgan fingerprint density at radius 3 is 1.55 bits per heavy atom. The van der Waals surface area contributed by atoms with Gasteiger partial charge in [0.1, 0.15) is 0 Å². The molecule has 0 heterocycles. The third-order valence-corrected chi connectivity index (χ3v) is 6.20. The maximum atomic E-state index is 11.0. The highest BCUT2D eigenvalue weighted by Crippen LogP contribution is 2.18. The van der Waals surface area contributed by atoms with Crippen LogP contribution in [0.4, 0.5) is 0 Å². The second-order valence-electron chi connectivity index (χ2n) is 9.23. The number of hydrogen-bond acceptors (Lipinski definition) is 4. The smallest absolute Gasteiger partial charge is 0.303 e. The van der Waals surface area contributed by atoms with Crippen LogP contribution in [-0.2, 0) is 14.4 Å². The fourth-order valence-electron chi connectivity index (χ4n) is 4.35. The Morgan fingerprint density at radius 2 is 1.06 bits per heavy atom. The van der Waals surface area contributed by atoms with E-state index in [2.05, 4.69) is 19.1 Å². The number of carboxylic acids is 3. The predicted octanol–water partition coefficient (Wildman–Crippen LogP) is 4.54. The summed E-state index contributed by atoms with van der Waals surface area (Å²) in [5.41, 5.74) is 0. The van der Waals surface area contributed by atoms with Gasteiger partial charge in [-0.25, -0.2) is 0 Å². The molecule has 0 radical (unpaired) electrons. The van der Waals surface area contributed by atoms with Crippen LogP contribution in [0.1, 0.15) is 110 Å². The number of carbonyl (C=O) groups is 3. The SMILES string of the molecule is CCCCCCCC/C=C/CCCC[N+](CCCC(=O)[O-])(CCCC(=O)O)CCCC(=O)O. The van der Waals surface area contributed by atoms with Gasteiger partial charge in [-0.15, -0.1) is 0 Å². The zero-order valence-corrected chi connectivity index (χ0v) is 20.8. The number of carbonyl (C=O) groups excluding carboxylic acids is 1. The molecule has 0 aromatic heterocycles. The van der Waals surface area contributed by atoms with Crippen LogP contribution < -0.4 is 5.11 Å². The molecule has 0 fully saturated rings. The van der Waals surface area contributed by atoms with Crippen molar-refractivity contribution in [3.05, 3.63) is 12.2 Å². The van der Waals surface area contributed by atoms with Gasteiger partial charge in [0.05, 0.1) is 39.0 Å². The maximum absolute atomic E-state index is 11.0. The van der Waals surface area contributed by atoms with Crippen LogP contribution in [0.2, 0.25) is 0 Å². The molecule has 0 aromatic rings. The van der Waals surface area contributed by atoms with Crippen LogP contribution in [0, 0.1) is 0 Å². The summed E-state index contributed by atoms with van der Waals surface area (Å²) in [5.74, 6) is -2.77. The minimum absolute atomic E-state index is 0.0287. The molecular formula is C26H47NO6. The van der Waals surface area contributed by atoms with Gasteiger partial charge in [0.15, 0.2) is 0 Å². The van der Waals surface area contributed by atoms with E-state index in [1.165, 1.54) is 38.5 Å². The van der Waals surface area contributed by atoms with E-state index in [1.54, 1.807) is 0 Å². The lowest BCUT2D eigenvalue weighted by molar-refractivity contribution is -0.929. The number of allylic oxidation sites excluding steroid dienone is 2. The maximum Gasteiger partial charge on any atom is 0.303 e. The molecule has 0 spiro atoms. The van der Waals surface area contributed by atoms with Crippen LogP contribution in [0.25, 0.3) is 0 Å². The monoisotopic (exact) mass is 469 g/mol. The summed E-state index contributed by atoms with van der Waals surface area (Å²) in [6, 6.07) is 0. The largest absolute Gasteiger partial charge is 0.550 e. The molecule has 2 N–H and O–H groups in total. The summed E-state index contributed by atoms with van der Waals surface area (Å²) in [5, 5.41) is 28.9. The van der Waals surface area contributed by atoms with E-state index in [9.17, 15) is 19.5 Å². The Hall–Kier alpha value is -1.89. The Bertz CT molecular complexity index is 511. The topological polar surface area (TPSA) is 115 Å². The second kappa shape index (κ2) is 20.7. The van der Waals surface area contributed by atoms with Crippen molar-refractivity contribution in [2.24, 2.45) is 0 Å². The van der Waals surface area contributed by atoms with Crippen molar-refractivity contribution in [1.29, 1.82) is 0 Å². The quantitative estimate of drug-likeness (QED) is 0.122. The number of quaternary nitrogens is 1. The van der Waals surface area contributed by atoms with E-state index in [0.717, 1.165) is 32.2 Å². The van der Waals surface area contributed by atoms with Gasteiger partial charge < -0.3 is 24.6 Å².